The number of ketones is 1. The van der Waals surface area contributed by atoms with Crippen molar-refractivity contribution in [2.24, 2.45) is 0 Å². The monoisotopic (exact) mass is 434 g/mol. The molecule has 0 aliphatic carbocycles. The lowest BCUT2D eigenvalue weighted by molar-refractivity contribution is -0.140. The highest BCUT2D eigenvalue weighted by Gasteiger charge is 2.34. The van der Waals surface area contributed by atoms with Crippen LogP contribution in [0.5, 0.6) is 5.75 Å². The van der Waals surface area contributed by atoms with E-state index in [0.717, 1.165) is 10.7 Å². The van der Waals surface area contributed by atoms with Gasteiger partial charge in [0.05, 0.1) is 18.4 Å². The van der Waals surface area contributed by atoms with Crippen molar-refractivity contribution in [3.63, 3.8) is 0 Å². The SMILES string of the molecule is COc1cccc(-c2ccc(=O)n(C(C)C(=O)Cc3ccc(C(F)(F)F)c(F)c3)n2)c1. The van der Waals surface area contributed by atoms with Gasteiger partial charge in [-0.25, -0.2) is 9.07 Å². The molecule has 3 aromatic rings. The summed E-state index contributed by atoms with van der Waals surface area (Å²) in [6, 6.07) is 11.1. The largest absolute Gasteiger partial charge is 0.497 e. The number of methoxy groups -OCH3 is 1. The molecule has 0 aliphatic rings. The fourth-order valence-electron chi connectivity index (χ4n) is 3.02. The lowest BCUT2D eigenvalue weighted by Crippen LogP contribution is -2.31. The van der Waals surface area contributed by atoms with Crippen LogP contribution in [0.1, 0.15) is 24.1 Å². The highest BCUT2D eigenvalue weighted by atomic mass is 19.4. The van der Waals surface area contributed by atoms with Crippen LogP contribution in [-0.4, -0.2) is 22.7 Å². The maximum Gasteiger partial charge on any atom is 0.419 e. The minimum Gasteiger partial charge on any atom is -0.497 e. The van der Waals surface area contributed by atoms with Crippen LogP contribution in [0.25, 0.3) is 11.3 Å². The first-order valence-electron chi connectivity index (χ1n) is 9.23. The fraction of sp³-hybridized carbons (Fsp3) is 0.227. The summed E-state index contributed by atoms with van der Waals surface area (Å²) in [4.78, 5) is 24.9. The van der Waals surface area contributed by atoms with Gasteiger partial charge in [0.1, 0.15) is 17.6 Å². The van der Waals surface area contributed by atoms with Crippen LogP contribution < -0.4 is 10.3 Å². The number of nitrogens with zero attached hydrogens (tertiary/aromatic N) is 2. The average Bonchev–Trinajstić information content (AvgIpc) is 2.72. The van der Waals surface area contributed by atoms with Gasteiger partial charge < -0.3 is 4.74 Å². The van der Waals surface area contributed by atoms with E-state index in [2.05, 4.69) is 5.10 Å². The van der Waals surface area contributed by atoms with Gasteiger partial charge in [0.25, 0.3) is 5.56 Å². The molecular formula is C22H18F4N2O3. The molecule has 1 unspecified atom stereocenters. The molecule has 0 fully saturated rings. The Labute approximate surface area is 174 Å². The lowest BCUT2D eigenvalue weighted by Gasteiger charge is -2.15. The molecule has 3 rings (SSSR count). The van der Waals surface area contributed by atoms with E-state index in [1.165, 1.54) is 26.2 Å². The van der Waals surface area contributed by atoms with Crippen LogP contribution in [0.3, 0.4) is 0 Å². The molecule has 0 aliphatic heterocycles. The van der Waals surface area contributed by atoms with Gasteiger partial charge in [-0.1, -0.05) is 18.2 Å². The summed E-state index contributed by atoms with van der Waals surface area (Å²) in [5.41, 5.74) is -0.762. The Kier molecular flexibility index (Phi) is 6.24. The number of Topliss-reactive ketones (excluding diaryl/α,β-unsaturated/α-hetero) is 1. The first-order valence-corrected chi connectivity index (χ1v) is 9.23. The molecule has 162 valence electrons. The molecule has 0 spiro atoms. The Balaban J connectivity index is 1.85. The lowest BCUT2D eigenvalue weighted by atomic mass is 10.0. The van der Waals surface area contributed by atoms with Crippen LogP contribution in [0.4, 0.5) is 17.6 Å². The summed E-state index contributed by atoms with van der Waals surface area (Å²) < 4.78 is 58.0. The van der Waals surface area contributed by atoms with Crippen LogP contribution >= 0.6 is 0 Å². The van der Waals surface area contributed by atoms with Gasteiger partial charge in [0.2, 0.25) is 0 Å². The molecule has 2 aromatic carbocycles. The molecule has 0 amide bonds. The molecule has 0 N–H and O–H groups in total. The number of hydrogen-bond acceptors (Lipinski definition) is 4. The normalized spacial score (nSPS) is 12.5. The first-order chi connectivity index (χ1) is 14.6. The summed E-state index contributed by atoms with van der Waals surface area (Å²) in [7, 11) is 1.51. The second-order valence-corrected chi connectivity index (χ2v) is 6.86. The van der Waals surface area contributed by atoms with Gasteiger partial charge in [-0.2, -0.15) is 18.3 Å². The van der Waals surface area contributed by atoms with Crippen molar-refractivity contribution < 1.29 is 27.1 Å². The van der Waals surface area contributed by atoms with E-state index in [0.29, 0.717) is 29.1 Å². The third kappa shape index (κ3) is 4.99. The molecular weight excluding hydrogens is 416 g/mol. The number of halogens is 4. The summed E-state index contributed by atoms with van der Waals surface area (Å²) in [5, 5.41) is 4.25. The number of rotatable bonds is 6. The Morgan fingerprint density at radius 3 is 2.52 bits per heavy atom. The van der Waals surface area contributed by atoms with Gasteiger partial charge in [-0.05, 0) is 42.8 Å². The molecule has 31 heavy (non-hydrogen) atoms. The second-order valence-electron chi connectivity index (χ2n) is 6.86. The summed E-state index contributed by atoms with van der Waals surface area (Å²) >= 11 is 0. The van der Waals surface area contributed by atoms with Crippen molar-refractivity contribution in [1.82, 2.24) is 9.78 Å². The van der Waals surface area contributed by atoms with Gasteiger partial charge in [0, 0.05) is 18.1 Å². The van der Waals surface area contributed by atoms with Crippen LogP contribution in [0, 0.1) is 5.82 Å². The van der Waals surface area contributed by atoms with Gasteiger partial charge in [-0.3, -0.25) is 9.59 Å². The molecule has 0 radical (unpaired) electrons. The molecule has 1 atom stereocenters. The highest BCUT2D eigenvalue weighted by molar-refractivity contribution is 5.84. The van der Waals surface area contributed by atoms with Crippen LogP contribution in [-0.2, 0) is 17.4 Å². The van der Waals surface area contributed by atoms with Gasteiger partial charge in [0.15, 0.2) is 5.78 Å². The third-order valence-corrected chi connectivity index (χ3v) is 4.74. The van der Waals surface area contributed by atoms with Crippen molar-refractivity contribution in [2.75, 3.05) is 7.11 Å². The standard InChI is InChI=1S/C22H18F4N2O3/c1-13(20(29)11-14-6-7-17(18(23)10-14)22(24,25)26)28-21(30)9-8-19(27-28)15-4-3-5-16(12-15)31-2/h3-10,12-13H,11H2,1-2H3. The van der Waals surface area contributed by atoms with E-state index in [1.54, 1.807) is 24.3 Å². The van der Waals surface area contributed by atoms with Gasteiger partial charge in [-0.15, -0.1) is 0 Å². The minimum absolute atomic E-state index is 0.0688. The predicted molar refractivity (Wildman–Crippen MR) is 105 cm³/mol. The summed E-state index contributed by atoms with van der Waals surface area (Å²) in [5.74, 6) is -1.37. The van der Waals surface area contributed by atoms with Crippen molar-refractivity contribution in [3.05, 3.63) is 81.9 Å². The Bertz CT molecular complexity index is 1170. The minimum atomic E-state index is -4.82. The smallest absolute Gasteiger partial charge is 0.419 e. The topological polar surface area (TPSA) is 61.2 Å². The van der Waals surface area contributed by atoms with Crippen molar-refractivity contribution in [2.45, 2.75) is 25.6 Å². The fourth-order valence-corrected chi connectivity index (χ4v) is 3.02. The first kappa shape index (κ1) is 22.2. The quantitative estimate of drug-likeness (QED) is 0.538. The molecule has 5 nitrogen and oxygen atoms in total. The molecule has 0 saturated carbocycles. The predicted octanol–water partition coefficient (Wildman–Crippen LogP) is 4.45. The molecule has 1 aromatic heterocycles. The number of hydrogen-bond donors (Lipinski definition) is 0. The zero-order valence-electron chi connectivity index (χ0n) is 16.6. The van der Waals surface area contributed by atoms with Crippen LogP contribution in [0.2, 0.25) is 0 Å². The highest BCUT2D eigenvalue weighted by Crippen LogP contribution is 2.31. The Morgan fingerprint density at radius 1 is 1.13 bits per heavy atom. The maximum atomic E-state index is 13.8. The maximum absolute atomic E-state index is 13.8. The number of ether oxygens (including phenoxy) is 1. The molecule has 0 bridgehead atoms. The Morgan fingerprint density at radius 2 is 1.87 bits per heavy atom. The van der Waals surface area contributed by atoms with E-state index in [4.69, 9.17) is 4.74 Å². The van der Waals surface area contributed by atoms with Crippen LogP contribution in [0.15, 0.2) is 59.4 Å². The number of alkyl halides is 3. The molecule has 0 saturated heterocycles. The number of benzene rings is 2. The van der Waals surface area contributed by atoms with Crippen molar-refractivity contribution in [1.29, 1.82) is 0 Å². The van der Waals surface area contributed by atoms with E-state index in [1.807, 2.05) is 0 Å². The summed E-state index contributed by atoms with van der Waals surface area (Å²) in [6.45, 7) is 1.45. The zero-order chi connectivity index (χ0) is 22.8. The van der Waals surface area contributed by atoms with E-state index >= 15 is 0 Å². The summed E-state index contributed by atoms with van der Waals surface area (Å²) in [6.07, 6.45) is -5.18. The molecule has 1 heterocycles. The number of carbonyl (C=O) groups excluding carboxylic acids is 1. The molecule has 9 heteroatoms. The zero-order valence-corrected chi connectivity index (χ0v) is 16.6. The number of carbonyl (C=O) groups is 1. The second kappa shape index (κ2) is 8.71. The van der Waals surface area contributed by atoms with Crippen molar-refractivity contribution >= 4 is 5.78 Å². The van der Waals surface area contributed by atoms with Crippen molar-refractivity contribution in [3.8, 4) is 17.0 Å². The van der Waals surface area contributed by atoms with Gasteiger partial charge >= 0.3 is 6.18 Å². The Hall–Kier alpha value is -3.49. The van der Waals surface area contributed by atoms with E-state index in [-0.39, 0.29) is 12.0 Å². The number of aromatic nitrogens is 2. The third-order valence-electron chi connectivity index (χ3n) is 4.74. The van der Waals surface area contributed by atoms with E-state index < -0.39 is 34.9 Å². The average molecular weight is 434 g/mol. The van der Waals surface area contributed by atoms with E-state index in [9.17, 15) is 27.2 Å².